The maximum atomic E-state index is 4.34. The van der Waals surface area contributed by atoms with Crippen LogP contribution in [0.15, 0.2) is 24.7 Å². The van der Waals surface area contributed by atoms with Crippen molar-refractivity contribution in [1.29, 1.82) is 0 Å². The zero-order chi connectivity index (χ0) is 13.0. The van der Waals surface area contributed by atoms with Crippen molar-refractivity contribution in [2.75, 3.05) is 7.05 Å². The summed E-state index contributed by atoms with van der Waals surface area (Å²) in [6, 6.07) is 4.29. The van der Waals surface area contributed by atoms with E-state index in [2.05, 4.69) is 33.4 Å². The van der Waals surface area contributed by atoms with E-state index in [4.69, 9.17) is 0 Å². The number of aryl methyl sites for hydroxylation is 2. The molecular formula is C13H19N5. The van der Waals surface area contributed by atoms with Crippen molar-refractivity contribution in [3.63, 3.8) is 0 Å². The van der Waals surface area contributed by atoms with Gasteiger partial charge in [0.15, 0.2) is 0 Å². The van der Waals surface area contributed by atoms with Gasteiger partial charge in [-0.05, 0) is 32.5 Å². The Morgan fingerprint density at radius 3 is 2.89 bits per heavy atom. The van der Waals surface area contributed by atoms with Crippen LogP contribution in [-0.4, -0.2) is 26.8 Å². The molecule has 0 saturated heterocycles. The highest BCUT2D eigenvalue weighted by molar-refractivity contribution is 5.23. The smallest absolute Gasteiger partial charge is 0.138 e. The summed E-state index contributed by atoms with van der Waals surface area (Å²) in [5.41, 5.74) is 2.27. The third-order valence-electron chi connectivity index (χ3n) is 3.15. The number of rotatable bonds is 5. The lowest BCUT2D eigenvalue weighted by atomic mass is 10.0. The van der Waals surface area contributed by atoms with E-state index in [9.17, 15) is 0 Å². The van der Waals surface area contributed by atoms with E-state index in [0.717, 1.165) is 24.5 Å². The Kier molecular flexibility index (Phi) is 4.04. The summed E-state index contributed by atoms with van der Waals surface area (Å²) in [7, 11) is 1.96. The van der Waals surface area contributed by atoms with Crippen LogP contribution in [0.3, 0.4) is 0 Å². The Labute approximate surface area is 107 Å². The molecule has 0 fully saturated rings. The first-order chi connectivity index (χ1) is 8.76. The van der Waals surface area contributed by atoms with Gasteiger partial charge in [-0.25, -0.2) is 4.98 Å². The number of pyridine rings is 1. The minimum atomic E-state index is 0.216. The lowest BCUT2D eigenvalue weighted by Gasteiger charge is -2.17. The summed E-state index contributed by atoms with van der Waals surface area (Å²) in [4.78, 5) is 8.66. The van der Waals surface area contributed by atoms with Crippen molar-refractivity contribution in [2.24, 2.45) is 0 Å². The third kappa shape index (κ3) is 2.56. The average molecular weight is 245 g/mol. The number of hydrogen-bond acceptors (Lipinski definition) is 4. The molecule has 2 heterocycles. The van der Waals surface area contributed by atoms with Gasteiger partial charge in [0.05, 0.1) is 0 Å². The molecule has 0 aliphatic carbocycles. The lowest BCUT2D eigenvalue weighted by Crippen LogP contribution is -2.22. The van der Waals surface area contributed by atoms with Crippen LogP contribution >= 0.6 is 0 Å². The maximum Gasteiger partial charge on any atom is 0.138 e. The minimum Gasteiger partial charge on any atom is -0.313 e. The van der Waals surface area contributed by atoms with Crippen LogP contribution in [0, 0.1) is 6.92 Å². The molecule has 0 saturated carbocycles. The average Bonchev–Trinajstić information content (AvgIpc) is 2.84. The summed E-state index contributed by atoms with van der Waals surface area (Å²) in [6.07, 6.45) is 4.25. The molecule has 0 radical (unpaired) electrons. The van der Waals surface area contributed by atoms with Gasteiger partial charge in [0.25, 0.3) is 0 Å². The molecule has 1 unspecified atom stereocenters. The number of hydrogen-bond donors (Lipinski definition) is 1. The first-order valence-electron chi connectivity index (χ1n) is 6.21. The molecule has 5 nitrogen and oxygen atoms in total. The molecule has 1 N–H and O–H groups in total. The SMILES string of the molecule is CCn1ncnc1CC(NC)c1cccnc1C. The molecule has 96 valence electrons. The standard InChI is InChI=1S/C13H19N5/c1-4-18-13(16-9-17-18)8-12(14-3)11-6-5-7-15-10(11)2/h5-7,9,12,14H,4,8H2,1-3H3. The first-order valence-corrected chi connectivity index (χ1v) is 6.21. The van der Waals surface area contributed by atoms with E-state index in [-0.39, 0.29) is 6.04 Å². The van der Waals surface area contributed by atoms with Crippen LogP contribution in [0.25, 0.3) is 0 Å². The molecule has 2 rings (SSSR count). The third-order valence-corrected chi connectivity index (χ3v) is 3.15. The van der Waals surface area contributed by atoms with Gasteiger partial charge in [0.1, 0.15) is 12.2 Å². The molecule has 2 aromatic rings. The number of likely N-dealkylation sites (N-methyl/N-ethyl adjacent to an activating group) is 1. The molecule has 0 amide bonds. The van der Waals surface area contributed by atoms with Gasteiger partial charge in [-0.15, -0.1) is 0 Å². The Morgan fingerprint density at radius 1 is 1.39 bits per heavy atom. The van der Waals surface area contributed by atoms with E-state index in [1.165, 1.54) is 5.56 Å². The summed E-state index contributed by atoms with van der Waals surface area (Å²) in [5, 5.41) is 7.53. The van der Waals surface area contributed by atoms with Crippen LogP contribution in [0.4, 0.5) is 0 Å². The number of aromatic nitrogens is 4. The number of nitrogens with one attached hydrogen (secondary N) is 1. The molecule has 18 heavy (non-hydrogen) atoms. The molecule has 1 atom stereocenters. The normalized spacial score (nSPS) is 12.6. The lowest BCUT2D eigenvalue weighted by molar-refractivity contribution is 0.530. The Balaban J connectivity index is 2.23. The molecule has 5 heteroatoms. The van der Waals surface area contributed by atoms with Gasteiger partial charge in [0.2, 0.25) is 0 Å². The molecule has 0 aromatic carbocycles. The second-order valence-electron chi connectivity index (χ2n) is 4.22. The van der Waals surface area contributed by atoms with Gasteiger partial charge in [0, 0.05) is 30.9 Å². The van der Waals surface area contributed by atoms with Crippen molar-refractivity contribution < 1.29 is 0 Å². The van der Waals surface area contributed by atoms with Crippen LogP contribution in [0.2, 0.25) is 0 Å². The highest BCUT2D eigenvalue weighted by Crippen LogP contribution is 2.19. The quantitative estimate of drug-likeness (QED) is 0.867. The molecule has 0 bridgehead atoms. The summed E-state index contributed by atoms with van der Waals surface area (Å²) in [6.45, 7) is 4.95. The van der Waals surface area contributed by atoms with E-state index in [1.54, 1.807) is 6.33 Å². The largest absolute Gasteiger partial charge is 0.313 e. The molecule has 0 spiro atoms. The van der Waals surface area contributed by atoms with Gasteiger partial charge in [-0.2, -0.15) is 5.10 Å². The van der Waals surface area contributed by atoms with Gasteiger partial charge >= 0.3 is 0 Å². The summed E-state index contributed by atoms with van der Waals surface area (Å²) in [5.74, 6) is 1.00. The fraction of sp³-hybridized carbons (Fsp3) is 0.462. The highest BCUT2D eigenvalue weighted by atomic mass is 15.3. The minimum absolute atomic E-state index is 0.216. The van der Waals surface area contributed by atoms with Crippen LogP contribution in [0.1, 0.15) is 30.0 Å². The topological polar surface area (TPSA) is 55.6 Å². The molecule has 0 aliphatic rings. The van der Waals surface area contributed by atoms with Crippen LogP contribution in [0.5, 0.6) is 0 Å². The molecular weight excluding hydrogens is 226 g/mol. The second kappa shape index (κ2) is 5.73. The van der Waals surface area contributed by atoms with Crippen LogP contribution in [-0.2, 0) is 13.0 Å². The van der Waals surface area contributed by atoms with Crippen molar-refractivity contribution in [1.82, 2.24) is 25.1 Å². The summed E-state index contributed by atoms with van der Waals surface area (Å²) >= 11 is 0. The van der Waals surface area contributed by atoms with E-state index in [1.807, 2.05) is 30.9 Å². The van der Waals surface area contributed by atoms with E-state index >= 15 is 0 Å². The molecule has 0 aliphatic heterocycles. The van der Waals surface area contributed by atoms with E-state index < -0.39 is 0 Å². The van der Waals surface area contributed by atoms with Crippen LogP contribution < -0.4 is 5.32 Å². The van der Waals surface area contributed by atoms with Gasteiger partial charge in [-0.3, -0.25) is 9.67 Å². The predicted molar refractivity (Wildman–Crippen MR) is 70.2 cm³/mol. The summed E-state index contributed by atoms with van der Waals surface area (Å²) < 4.78 is 1.93. The second-order valence-corrected chi connectivity index (χ2v) is 4.22. The van der Waals surface area contributed by atoms with Gasteiger partial charge in [-0.1, -0.05) is 6.07 Å². The fourth-order valence-electron chi connectivity index (χ4n) is 2.13. The monoisotopic (exact) mass is 245 g/mol. The highest BCUT2D eigenvalue weighted by Gasteiger charge is 2.15. The maximum absolute atomic E-state index is 4.34. The predicted octanol–water partition coefficient (Wildman–Crippen LogP) is 1.50. The molecule has 2 aromatic heterocycles. The van der Waals surface area contributed by atoms with Gasteiger partial charge < -0.3 is 5.32 Å². The van der Waals surface area contributed by atoms with Crippen molar-refractivity contribution in [3.8, 4) is 0 Å². The Morgan fingerprint density at radius 2 is 2.22 bits per heavy atom. The Bertz CT molecular complexity index is 506. The van der Waals surface area contributed by atoms with E-state index in [0.29, 0.717) is 0 Å². The number of nitrogens with zero attached hydrogens (tertiary/aromatic N) is 4. The van der Waals surface area contributed by atoms with Crippen molar-refractivity contribution in [3.05, 3.63) is 41.7 Å². The van der Waals surface area contributed by atoms with Crippen molar-refractivity contribution in [2.45, 2.75) is 32.9 Å². The Hall–Kier alpha value is -1.75. The first kappa shape index (κ1) is 12.7. The van der Waals surface area contributed by atoms with Crippen molar-refractivity contribution >= 4 is 0 Å². The zero-order valence-corrected chi connectivity index (χ0v) is 11.1. The zero-order valence-electron chi connectivity index (χ0n) is 11.1. The fourth-order valence-corrected chi connectivity index (χ4v) is 2.13.